The van der Waals surface area contributed by atoms with E-state index < -0.39 is 235 Å². The average Bonchev–Trinajstić information content (AvgIpc) is 1.68. The SMILES string of the molecule is CSCC[C@H](NC(=O)[C@H](CC(C)C)NC(=O)[C@H](Cc1cnc[nH]1)NC(=O)CNC(=O)[C@@H](NC(=O)[C@H](C)NC(=O)[C@H](Cc1c[nH]c2ccccc12)NC(=O)[C@H](CCC(N)=O)NC(=O)[C@H](CC(N)=O)NC(=O)CNC(=O)[C@H](CC(C)C)NC(=O)[C@H](CCCCNC(=O)c1ccc(F)cc1)NC(=O)[C@H](CCC(N)=O)NC(=O)[C@@H]1CCC(=O)N1)C(C)C)C(N)=O. The molecule has 1 aliphatic heterocycles. The van der Waals surface area contributed by atoms with Crippen molar-refractivity contribution in [2.45, 2.75) is 217 Å². The fourth-order valence-electron chi connectivity index (χ4n) is 12.6. The van der Waals surface area contributed by atoms with Gasteiger partial charge in [-0.2, -0.15) is 11.8 Å². The molecule has 0 saturated carbocycles. The van der Waals surface area contributed by atoms with Gasteiger partial charge in [-0.15, -0.1) is 0 Å². The van der Waals surface area contributed by atoms with E-state index in [1.807, 2.05) is 20.1 Å². The molecule has 12 atom stereocenters. The van der Waals surface area contributed by atoms with Crippen LogP contribution in [-0.2, 0) is 99.1 Å². The summed E-state index contributed by atoms with van der Waals surface area (Å²) in [6, 6.07) is -5.57. The summed E-state index contributed by atoms with van der Waals surface area (Å²) in [6.07, 6.45) is 3.40. The molecule has 662 valence electrons. The minimum atomic E-state index is -1.91. The number of aromatic nitrogens is 3. The highest BCUT2D eigenvalue weighted by Crippen LogP contribution is 2.21. The van der Waals surface area contributed by atoms with E-state index in [2.05, 4.69) is 94.7 Å². The third-order valence-electron chi connectivity index (χ3n) is 19.1. The Hall–Kier alpha value is -12.6. The number of carbonyl (C=O) groups is 19. The molecule has 25 N–H and O–H groups in total. The van der Waals surface area contributed by atoms with Crippen molar-refractivity contribution in [2.75, 3.05) is 31.6 Å². The summed E-state index contributed by atoms with van der Waals surface area (Å²) in [5, 5.41) is 38.4. The lowest BCUT2D eigenvalue weighted by Crippen LogP contribution is -2.60. The van der Waals surface area contributed by atoms with Gasteiger partial charge in [0.05, 0.1) is 25.8 Å². The standard InChI is InChI=1S/C78H113FN22O19S/c1-39(2)29-54(98-70(112)50(15-11-12-27-85-68(110)43-16-18-45(79)19-17-43)95-72(114)52(20-23-59(80)102)96-71(113)51-22-25-62(105)91-51)69(111)87-36-63(106)93-58(33-61(82)104)77(119)97-53(21-24-60(81)103)73(115)100-56(31-44-34-86-48-14-10-9-13-47(44)48)74(116)90-42(7)67(109)101-65(41(5)6)78(120)88-37-64(107)92-57(32-46-35-84-38-89-46)76(118)99-55(30-40(3)4)75(117)94-49(66(83)108)26-28-121-8/h9-10,13-14,16-19,34-35,38-42,49-58,65,86H,11-12,15,20-33,36-37H2,1-8H3,(H2,80,102)(H2,81,103)(H2,82,104)(H2,83,108)(H,84,89)(H,85,110)(H,87,111)(H,88,120)(H,90,116)(H,91,105)(H,92,107)(H,93,106)(H,94,117)(H,95,114)(H,96,113)(H,97,119)(H,98,112)(H,99,118)(H,100,115)(H,101,109)/t42-,49-,50-,51-,52-,53-,54-,55-,56-,57-,58-,65-/m0/s1. The Kier molecular flexibility index (Phi) is 40.7. The monoisotopic (exact) mass is 1710 g/mol. The molecule has 43 heteroatoms. The van der Waals surface area contributed by atoms with Crippen LogP contribution in [0.2, 0.25) is 0 Å². The van der Waals surface area contributed by atoms with Gasteiger partial charge in [-0.05, 0) is 130 Å². The summed E-state index contributed by atoms with van der Waals surface area (Å²) < 4.78 is 13.6. The number of carbonyl (C=O) groups excluding carboxylic acids is 19. The highest BCUT2D eigenvalue weighted by molar-refractivity contribution is 7.98. The van der Waals surface area contributed by atoms with Crippen molar-refractivity contribution in [3.05, 3.63) is 89.9 Å². The van der Waals surface area contributed by atoms with Crippen LogP contribution in [0.25, 0.3) is 10.9 Å². The van der Waals surface area contributed by atoms with E-state index in [4.69, 9.17) is 22.9 Å². The summed E-state index contributed by atoms with van der Waals surface area (Å²) in [6.45, 7) is 9.77. The van der Waals surface area contributed by atoms with Gasteiger partial charge in [0.25, 0.3) is 5.91 Å². The first-order chi connectivity index (χ1) is 57.2. The summed E-state index contributed by atoms with van der Waals surface area (Å²) in [4.78, 5) is 266. The van der Waals surface area contributed by atoms with Crippen LogP contribution in [0.15, 0.2) is 67.3 Å². The number of nitrogens with two attached hydrogens (primary N) is 4. The molecule has 0 aliphatic carbocycles. The third-order valence-corrected chi connectivity index (χ3v) is 19.7. The lowest BCUT2D eigenvalue weighted by Gasteiger charge is -2.27. The lowest BCUT2D eigenvalue weighted by atomic mass is 10.0. The smallest absolute Gasteiger partial charge is 0.251 e. The molecule has 1 fully saturated rings. The highest BCUT2D eigenvalue weighted by Gasteiger charge is 2.38. The predicted octanol–water partition coefficient (Wildman–Crippen LogP) is -4.33. The number of nitrogens with one attached hydrogen (secondary N) is 17. The first-order valence-electron chi connectivity index (χ1n) is 39.6. The Labute approximate surface area is 701 Å². The van der Waals surface area contributed by atoms with Crippen LogP contribution in [0.5, 0.6) is 0 Å². The molecule has 1 saturated heterocycles. The van der Waals surface area contributed by atoms with Crippen molar-refractivity contribution in [3.8, 4) is 0 Å². The zero-order valence-electron chi connectivity index (χ0n) is 68.7. The van der Waals surface area contributed by atoms with Crippen LogP contribution in [0.3, 0.4) is 0 Å². The largest absolute Gasteiger partial charge is 0.370 e. The molecule has 3 heterocycles. The second kappa shape index (κ2) is 49.7. The fourth-order valence-corrected chi connectivity index (χ4v) is 13.1. The van der Waals surface area contributed by atoms with Gasteiger partial charge < -0.3 is 113 Å². The zero-order valence-corrected chi connectivity index (χ0v) is 69.6. The number of fused-ring (bicyclic) bond motifs is 1. The second-order valence-corrected chi connectivity index (χ2v) is 31.4. The van der Waals surface area contributed by atoms with Gasteiger partial charge >= 0.3 is 0 Å². The summed E-state index contributed by atoms with van der Waals surface area (Å²) >= 11 is 1.43. The molecule has 2 aromatic carbocycles. The summed E-state index contributed by atoms with van der Waals surface area (Å²) in [5.41, 5.74) is 23.7. The molecule has 41 nitrogen and oxygen atoms in total. The number of hydrogen-bond acceptors (Lipinski definition) is 21. The number of hydrogen-bond donors (Lipinski definition) is 21. The number of primary amides is 4. The number of thioether (sulfide) groups is 1. The van der Waals surface area contributed by atoms with Crippen LogP contribution < -0.4 is 103 Å². The molecule has 0 radical (unpaired) electrons. The number of para-hydroxylation sites is 1. The Morgan fingerprint density at radius 3 is 1.57 bits per heavy atom. The Bertz CT molecular complexity index is 4320. The van der Waals surface area contributed by atoms with E-state index in [0.29, 0.717) is 27.9 Å². The average molecular weight is 1710 g/mol. The molecule has 19 amide bonds. The van der Waals surface area contributed by atoms with Crippen LogP contribution in [0.1, 0.15) is 154 Å². The summed E-state index contributed by atoms with van der Waals surface area (Å²) in [5.74, 6) is -18.2. The molecule has 0 unspecified atom stereocenters. The van der Waals surface area contributed by atoms with Crippen molar-refractivity contribution >= 4 is 135 Å². The molecular formula is C78H113FN22O19S. The minimum Gasteiger partial charge on any atom is -0.370 e. The number of benzene rings is 2. The number of nitrogens with zero attached hydrogens (tertiary/aromatic N) is 1. The zero-order chi connectivity index (χ0) is 89.7. The van der Waals surface area contributed by atoms with Crippen molar-refractivity contribution in [2.24, 2.45) is 40.7 Å². The lowest BCUT2D eigenvalue weighted by molar-refractivity contribution is -0.136. The molecule has 4 aromatic rings. The second-order valence-electron chi connectivity index (χ2n) is 30.4. The first kappa shape index (κ1) is 99.0. The van der Waals surface area contributed by atoms with Gasteiger partial charge in [0, 0.05) is 73.2 Å². The molecular weight excluding hydrogens is 1600 g/mol. The molecule has 2 aromatic heterocycles. The van der Waals surface area contributed by atoms with Crippen LogP contribution >= 0.6 is 11.8 Å². The van der Waals surface area contributed by atoms with Crippen LogP contribution in [0.4, 0.5) is 4.39 Å². The van der Waals surface area contributed by atoms with Crippen molar-refractivity contribution in [1.82, 2.24) is 94.7 Å². The van der Waals surface area contributed by atoms with E-state index in [1.54, 1.807) is 58.2 Å². The number of aromatic amines is 2. The van der Waals surface area contributed by atoms with Crippen molar-refractivity contribution < 1.29 is 95.5 Å². The Balaban J connectivity index is 1.29. The predicted molar refractivity (Wildman–Crippen MR) is 438 cm³/mol. The van der Waals surface area contributed by atoms with E-state index >= 15 is 0 Å². The molecule has 121 heavy (non-hydrogen) atoms. The maximum atomic E-state index is 14.6. The maximum Gasteiger partial charge on any atom is 0.251 e. The van der Waals surface area contributed by atoms with Gasteiger partial charge in [-0.1, -0.05) is 59.7 Å². The van der Waals surface area contributed by atoms with Gasteiger partial charge in [-0.25, -0.2) is 9.37 Å². The quantitative estimate of drug-likeness (QED) is 0.0186. The van der Waals surface area contributed by atoms with Crippen molar-refractivity contribution in [1.29, 1.82) is 0 Å². The molecule has 0 spiro atoms. The van der Waals surface area contributed by atoms with Gasteiger partial charge in [0.2, 0.25) is 106 Å². The third kappa shape index (κ3) is 34.7. The van der Waals surface area contributed by atoms with Crippen LogP contribution in [-0.4, -0.2) is 231 Å². The Morgan fingerprint density at radius 1 is 0.512 bits per heavy atom. The van der Waals surface area contributed by atoms with E-state index in [0.717, 1.165) is 12.1 Å². The first-order valence-corrected chi connectivity index (χ1v) is 41.0. The van der Waals surface area contributed by atoms with Gasteiger partial charge in [-0.3, -0.25) is 91.1 Å². The normalized spacial score (nSPS) is 15.1. The van der Waals surface area contributed by atoms with Crippen LogP contribution in [0, 0.1) is 23.6 Å². The van der Waals surface area contributed by atoms with Crippen molar-refractivity contribution in [3.63, 3.8) is 0 Å². The maximum absolute atomic E-state index is 14.6. The van der Waals surface area contributed by atoms with Gasteiger partial charge in [0.15, 0.2) is 0 Å². The topological polar surface area (TPSA) is 653 Å². The van der Waals surface area contributed by atoms with E-state index in [9.17, 15) is 95.5 Å². The fraction of sp³-hybridized carbons (Fsp3) is 0.538. The number of unbranched alkanes of at least 4 members (excludes halogenated alkanes) is 1. The Morgan fingerprint density at radius 2 is 1.02 bits per heavy atom. The number of H-pyrrole nitrogens is 2. The van der Waals surface area contributed by atoms with E-state index in [1.165, 1.54) is 43.3 Å². The van der Waals surface area contributed by atoms with E-state index in [-0.39, 0.29) is 94.6 Å². The molecule has 1 aliphatic rings. The number of imidazole rings is 1. The molecule has 0 bridgehead atoms. The molecule has 5 rings (SSSR count). The number of rotatable bonds is 53. The minimum absolute atomic E-state index is 0.0262. The van der Waals surface area contributed by atoms with Gasteiger partial charge in [0.1, 0.15) is 78.3 Å². The number of amides is 19. The highest BCUT2D eigenvalue weighted by atomic mass is 32.2. The summed E-state index contributed by atoms with van der Waals surface area (Å²) in [7, 11) is 0. The number of halogens is 1.